The molecule has 10 aromatic rings. The van der Waals surface area contributed by atoms with E-state index in [2.05, 4.69) is 199 Å². The highest BCUT2D eigenvalue weighted by Crippen LogP contribution is 2.64. The third-order valence-corrected chi connectivity index (χ3v) is 13.0. The summed E-state index contributed by atoms with van der Waals surface area (Å²) in [6.45, 7) is 0. The summed E-state index contributed by atoms with van der Waals surface area (Å²) >= 11 is 1.82. The first-order valence-electron chi connectivity index (χ1n) is 18.9. The van der Waals surface area contributed by atoms with Crippen LogP contribution in [0.5, 0.6) is 0 Å². The molecule has 0 saturated carbocycles. The van der Waals surface area contributed by atoms with Gasteiger partial charge in [0.2, 0.25) is 0 Å². The van der Waals surface area contributed by atoms with Crippen LogP contribution in [0.3, 0.4) is 0 Å². The fraction of sp³-hybridized carbons (Fsp3) is 0.0192. The average Bonchev–Trinajstić information content (AvgIpc) is 3.87. The van der Waals surface area contributed by atoms with Gasteiger partial charge in [-0.25, -0.2) is 4.98 Å². The zero-order chi connectivity index (χ0) is 36.1. The normalized spacial score (nSPS) is 13.2. The van der Waals surface area contributed by atoms with Crippen LogP contribution in [0.2, 0.25) is 0 Å². The summed E-state index contributed by atoms with van der Waals surface area (Å²) in [5.41, 5.74) is 15.6. The summed E-state index contributed by atoms with van der Waals surface area (Å²) in [6.07, 6.45) is 0. The van der Waals surface area contributed by atoms with E-state index in [-0.39, 0.29) is 0 Å². The molecule has 0 N–H and O–H groups in total. The lowest BCUT2D eigenvalue weighted by Gasteiger charge is -2.31. The van der Waals surface area contributed by atoms with E-state index in [0.29, 0.717) is 0 Å². The van der Waals surface area contributed by atoms with Crippen LogP contribution in [0.1, 0.15) is 22.3 Å². The lowest BCUT2D eigenvalue weighted by molar-refractivity contribution is 0.793. The van der Waals surface area contributed by atoms with Crippen LogP contribution in [-0.4, -0.2) is 4.98 Å². The lowest BCUT2D eigenvalue weighted by atomic mass is 9.70. The molecule has 256 valence electrons. The Morgan fingerprint density at radius 2 is 1.02 bits per heavy atom. The molecule has 3 heteroatoms. The smallest absolute Gasteiger partial charge is 0.138 e. The molecule has 0 amide bonds. The highest BCUT2D eigenvalue weighted by atomic mass is 32.1. The van der Waals surface area contributed by atoms with E-state index in [9.17, 15) is 0 Å². The predicted molar refractivity (Wildman–Crippen MR) is 231 cm³/mol. The third kappa shape index (κ3) is 4.27. The molecule has 1 spiro atoms. The van der Waals surface area contributed by atoms with E-state index in [1.165, 1.54) is 81.2 Å². The van der Waals surface area contributed by atoms with E-state index in [0.717, 1.165) is 22.7 Å². The van der Waals surface area contributed by atoms with Crippen molar-refractivity contribution in [2.45, 2.75) is 5.41 Å². The number of pyridine rings is 1. The Balaban J connectivity index is 1.14. The van der Waals surface area contributed by atoms with Gasteiger partial charge in [0.15, 0.2) is 0 Å². The van der Waals surface area contributed by atoms with E-state index < -0.39 is 5.41 Å². The molecule has 2 aromatic heterocycles. The van der Waals surface area contributed by atoms with Crippen molar-refractivity contribution in [3.8, 4) is 33.4 Å². The Labute approximate surface area is 323 Å². The van der Waals surface area contributed by atoms with Crippen LogP contribution in [0, 0.1) is 0 Å². The van der Waals surface area contributed by atoms with Crippen molar-refractivity contribution in [1.82, 2.24) is 4.98 Å². The minimum atomic E-state index is -0.431. The largest absolute Gasteiger partial charge is 0.294 e. The number of fused-ring (bicyclic) bond motifs is 14. The van der Waals surface area contributed by atoms with E-state index >= 15 is 0 Å². The molecule has 0 fully saturated rings. The maximum atomic E-state index is 5.58. The summed E-state index contributed by atoms with van der Waals surface area (Å²) in [5, 5.41) is 3.68. The van der Waals surface area contributed by atoms with Crippen molar-refractivity contribution in [3.63, 3.8) is 0 Å². The molecule has 0 unspecified atom stereocenters. The SMILES string of the molecule is c1ccc(-c2ccc(N(c3ccc4sc5cc6ccccc6cc5c4n3)c3cccc4c3-c3ccccc3C43c4ccccc4-c4ccccc43)cc2)cc1. The molecule has 8 aromatic carbocycles. The summed E-state index contributed by atoms with van der Waals surface area (Å²) in [7, 11) is 0. The highest BCUT2D eigenvalue weighted by molar-refractivity contribution is 7.25. The molecule has 0 aliphatic heterocycles. The number of hydrogen-bond donors (Lipinski definition) is 0. The van der Waals surface area contributed by atoms with Gasteiger partial charge in [0.05, 0.1) is 21.3 Å². The zero-order valence-electron chi connectivity index (χ0n) is 29.8. The number of thiophene rings is 1. The molecular formula is C52H32N2S. The van der Waals surface area contributed by atoms with Crippen molar-refractivity contribution in [2.75, 3.05) is 4.90 Å². The Morgan fingerprint density at radius 1 is 0.436 bits per heavy atom. The molecule has 2 aliphatic rings. The zero-order valence-corrected chi connectivity index (χ0v) is 30.6. The lowest BCUT2D eigenvalue weighted by Crippen LogP contribution is -2.26. The van der Waals surface area contributed by atoms with Gasteiger partial charge in [0, 0.05) is 21.3 Å². The Bertz CT molecular complexity index is 3110. The molecule has 0 radical (unpaired) electrons. The van der Waals surface area contributed by atoms with Gasteiger partial charge in [-0.2, -0.15) is 0 Å². The van der Waals surface area contributed by atoms with Crippen LogP contribution in [0.25, 0.3) is 64.5 Å². The van der Waals surface area contributed by atoms with Crippen LogP contribution in [0.15, 0.2) is 194 Å². The second-order valence-electron chi connectivity index (χ2n) is 14.6. The predicted octanol–water partition coefficient (Wildman–Crippen LogP) is 14.1. The molecule has 55 heavy (non-hydrogen) atoms. The maximum Gasteiger partial charge on any atom is 0.138 e. The minimum Gasteiger partial charge on any atom is -0.294 e. The van der Waals surface area contributed by atoms with Gasteiger partial charge < -0.3 is 0 Å². The maximum absolute atomic E-state index is 5.58. The molecule has 12 rings (SSSR count). The van der Waals surface area contributed by atoms with Crippen LogP contribution < -0.4 is 4.90 Å². The quantitative estimate of drug-likeness (QED) is 0.180. The Kier molecular flexibility index (Phi) is 6.46. The number of nitrogens with zero attached hydrogens (tertiary/aromatic N) is 2. The number of anilines is 3. The third-order valence-electron chi connectivity index (χ3n) is 11.9. The van der Waals surface area contributed by atoms with Gasteiger partial charge in [-0.05, 0) is 103 Å². The van der Waals surface area contributed by atoms with Gasteiger partial charge in [0.1, 0.15) is 5.82 Å². The number of aromatic nitrogens is 1. The van der Waals surface area contributed by atoms with Gasteiger partial charge in [-0.15, -0.1) is 11.3 Å². The molecule has 2 aliphatic carbocycles. The summed E-state index contributed by atoms with van der Waals surface area (Å²) < 4.78 is 2.45. The first-order valence-corrected chi connectivity index (χ1v) is 19.7. The van der Waals surface area contributed by atoms with Crippen molar-refractivity contribution in [2.24, 2.45) is 0 Å². The molecular weight excluding hydrogens is 685 g/mol. The van der Waals surface area contributed by atoms with Crippen molar-refractivity contribution >= 4 is 59.6 Å². The highest BCUT2D eigenvalue weighted by Gasteiger charge is 2.52. The van der Waals surface area contributed by atoms with Gasteiger partial charge in [0.25, 0.3) is 0 Å². The fourth-order valence-corrected chi connectivity index (χ4v) is 10.7. The molecule has 0 saturated heterocycles. The number of hydrogen-bond acceptors (Lipinski definition) is 3. The first-order chi connectivity index (χ1) is 27.3. The Hall–Kier alpha value is -6.81. The van der Waals surface area contributed by atoms with Crippen molar-refractivity contribution in [3.05, 3.63) is 216 Å². The van der Waals surface area contributed by atoms with Crippen LogP contribution >= 0.6 is 11.3 Å². The number of benzene rings is 8. The molecule has 2 heterocycles. The van der Waals surface area contributed by atoms with Crippen molar-refractivity contribution < 1.29 is 0 Å². The molecule has 0 bridgehead atoms. The first kappa shape index (κ1) is 30.6. The van der Waals surface area contributed by atoms with E-state index in [4.69, 9.17) is 4.98 Å². The second kappa shape index (κ2) is 11.6. The minimum absolute atomic E-state index is 0.431. The molecule has 0 atom stereocenters. The monoisotopic (exact) mass is 716 g/mol. The summed E-state index contributed by atoms with van der Waals surface area (Å²) in [5.74, 6) is 0.895. The van der Waals surface area contributed by atoms with Gasteiger partial charge >= 0.3 is 0 Å². The topological polar surface area (TPSA) is 16.1 Å². The van der Waals surface area contributed by atoms with E-state index in [1.54, 1.807) is 0 Å². The average molecular weight is 717 g/mol. The fourth-order valence-electron chi connectivity index (χ4n) is 9.58. The van der Waals surface area contributed by atoms with Crippen molar-refractivity contribution in [1.29, 1.82) is 0 Å². The Morgan fingerprint density at radius 3 is 1.75 bits per heavy atom. The summed E-state index contributed by atoms with van der Waals surface area (Å²) in [4.78, 5) is 7.97. The number of rotatable bonds is 4. The standard InChI is InChI=1S/C52H32N2S/c1-2-13-33(14-3-1)34-25-27-37(28-26-34)54(49-30-29-47-51(53-49)41-31-35-15-4-5-16-36(35)32-48(41)55-47)46-24-12-23-45-50(46)40-19-8-11-22-44(40)52(45)42-20-9-6-17-38(42)39-18-7-10-21-43(39)52/h1-32H. The van der Waals surface area contributed by atoms with E-state index in [1.807, 2.05) is 11.3 Å². The van der Waals surface area contributed by atoms with Crippen LogP contribution in [-0.2, 0) is 5.41 Å². The summed E-state index contributed by atoms with van der Waals surface area (Å²) in [6, 6.07) is 71.3. The van der Waals surface area contributed by atoms with Gasteiger partial charge in [-0.3, -0.25) is 4.90 Å². The van der Waals surface area contributed by atoms with Gasteiger partial charge in [-0.1, -0.05) is 152 Å². The van der Waals surface area contributed by atoms with Crippen LogP contribution in [0.4, 0.5) is 17.2 Å². The molecule has 2 nitrogen and oxygen atoms in total. The second-order valence-corrected chi connectivity index (χ2v) is 15.7.